The molecule has 0 heterocycles. The van der Waals surface area contributed by atoms with Gasteiger partial charge in [0.1, 0.15) is 6.61 Å². The van der Waals surface area contributed by atoms with Gasteiger partial charge >= 0.3 is 0 Å². The molecule has 0 aromatic heterocycles. The number of benzene rings is 1. The highest BCUT2D eigenvalue weighted by molar-refractivity contribution is 9.10. The monoisotopic (exact) mass is 272 g/mol. The zero-order valence-electron chi connectivity index (χ0n) is 8.63. The highest BCUT2D eigenvalue weighted by Gasteiger charge is 2.07. The fourth-order valence-electron chi connectivity index (χ4n) is 1.18. The van der Waals surface area contributed by atoms with Gasteiger partial charge in [0.15, 0.2) is 0 Å². The maximum atomic E-state index is 11.3. The maximum absolute atomic E-state index is 11.3. The van der Waals surface area contributed by atoms with Gasteiger partial charge in [-0.2, -0.15) is 0 Å². The van der Waals surface area contributed by atoms with Crippen LogP contribution in [0.15, 0.2) is 16.6 Å². The zero-order chi connectivity index (χ0) is 11.4. The summed E-state index contributed by atoms with van der Waals surface area (Å²) in [4.78, 5) is 11.3. The SMILES string of the molecule is COCC(=O)Nc1cc(Br)cc(C)c1N. The Hall–Kier alpha value is -1.07. The molecule has 0 aliphatic carbocycles. The largest absolute Gasteiger partial charge is 0.397 e. The summed E-state index contributed by atoms with van der Waals surface area (Å²) in [6.07, 6.45) is 0. The Morgan fingerprint density at radius 2 is 2.27 bits per heavy atom. The van der Waals surface area contributed by atoms with E-state index < -0.39 is 0 Å². The van der Waals surface area contributed by atoms with Gasteiger partial charge in [0.25, 0.3) is 0 Å². The first-order valence-corrected chi connectivity index (χ1v) is 5.18. The fourth-order valence-corrected chi connectivity index (χ4v) is 1.75. The van der Waals surface area contributed by atoms with Crippen LogP contribution in [0.3, 0.4) is 0 Å². The van der Waals surface area contributed by atoms with Crippen molar-refractivity contribution in [1.29, 1.82) is 0 Å². The van der Waals surface area contributed by atoms with E-state index in [-0.39, 0.29) is 12.5 Å². The molecule has 0 bridgehead atoms. The van der Waals surface area contributed by atoms with Gasteiger partial charge in [0.2, 0.25) is 5.91 Å². The lowest BCUT2D eigenvalue weighted by Crippen LogP contribution is -2.18. The molecule has 0 fully saturated rings. The minimum absolute atomic E-state index is 0.0189. The Balaban J connectivity index is 2.89. The van der Waals surface area contributed by atoms with Crippen molar-refractivity contribution in [1.82, 2.24) is 0 Å². The van der Waals surface area contributed by atoms with Gasteiger partial charge in [-0.05, 0) is 24.6 Å². The molecule has 1 aromatic carbocycles. The molecule has 0 spiro atoms. The molecule has 0 saturated heterocycles. The third-order valence-electron chi connectivity index (χ3n) is 1.90. The van der Waals surface area contributed by atoms with Crippen molar-refractivity contribution in [3.05, 3.63) is 22.2 Å². The van der Waals surface area contributed by atoms with Crippen LogP contribution in [0.2, 0.25) is 0 Å². The molecule has 0 radical (unpaired) electrons. The van der Waals surface area contributed by atoms with Crippen molar-refractivity contribution in [3.8, 4) is 0 Å². The van der Waals surface area contributed by atoms with Crippen LogP contribution in [0, 0.1) is 6.92 Å². The number of nitrogens with one attached hydrogen (secondary N) is 1. The van der Waals surface area contributed by atoms with E-state index >= 15 is 0 Å². The summed E-state index contributed by atoms with van der Waals surface area (Å²) in [6, 6.07) is 3.65. The third-order valence-corrected chi connectivity index (χ3v) is 2.36. The number of amides is 1. The molecule has 4 nitrogen and oxygen atoms in total. The lowest BCUT2D eigenvalue weighted by molar-refractivity contribution is -0.119. The second-order valence-electron chi connectivity index (χ2n) is 3.17. The number of ether oxygens (including phenoxy) is 1. The predicted octanol–water partition coefficient (Wildman–Crippen LogP) is 1.92. The van der Waals surface area contributed by atoms with E-state index in [1.54, 1.807) is 6.07 Å². The Labute approximate surface area is 96.9 Å². The summed E-state index contributed by atoms with van der Waals surface area (Å²) in [5, 5.41) is 2.67. The maximum Gasteiger partial charge on any atom is 0.250 e. The number of carbonyl (C=O) groups excluding carboxylic acids is 1. The van der Waals surface area contributed by atoms with Crippen LogP contribution < -0.4 is 11.1 Å². The van der Waals surface area contributed by atoms with E-state index in [1.165, 1.54) is 7.11 Å². The van der Waals surface area contributed by atoms with E-state index in [0.717, 1.165) is 10.0 Å². The van der Waals surface area contributed by atoms with Gasteiger partial charge in [0.05, 0.1) is 11.4 Å². The van der Waals surface area contributed by atoms with Gasteiger partial charge in [-0.3, -0.25) is 4.79 Å². The van der Waals surface area contributed by atoms with Crippen LogP contribution in [0.1, 0.15) is 5.56 Å². The highest BCUT2D eigenvalue weighted by atomic mass is 79.9. The Bertz CT molecular complexity index is 380. The number of nitrogens with two attached hydrogens (primary N) is 1. The molecule has 0 aliphatic rings. The van der Waals surface area contributed by atoms with Crippen molar-refractivity contribution in [2.75, 3.05) is 24.8 Å². The topological polar surface area (TPSA) is 64.3 Å². The minimum Gasteiger partial charge on any atom is -0.397 e. The van der Waals surface area contributed by atoms with E-state index in [1.807, 2.05) is 13.0 Å². The number of nitrogen functional groups attached to an aromatic ring is 1. The Morgan fingerprint density at radius 3 is 2.87 bits per heavy atom. The zero-order valence-corrected chi connectivity index (χ0v) is 10.2. The summed E-state index contributed by atoms with van der Waals surface area (Å²) < 4.78 is 5.59. The van der Waals surface area contributed by atoms with Gasteiger partial charge in [-0.1, -0.05) is 15.9 Å². The normalized spacial score (nSPS) is 10.1. The number of anilines is 2. The van der Waals surface area contributed by atoms with Gasteiger partial charge in [-0.15, -0.1) is 0 Å². The van der Waals surface area contributed by atoms with Crippen molar-refractivity contribution in [3.63, 3.8) is 0 Å². The summed E-state index contributed by atoms with van der Waals surface area (Å²) >= 11 is 3.34. The van der Waals surface area contributed by atoms with Crippen LogP contribution >= 0.6 is 15.9 Å². The van der Waals surface area contributed by atoms with Crippen LogP contribution in [0.25, 0.3) is 0 Å². The Morgan fingerprint density at radius 1 is 1.60 bits per heavy atom. The smallest absolute Gasteiger partial charge is 0.250 e. The standard InChI is InChI=1S/C10H13BrN2O2/c1-6-3-7(11)4-8(10(6)12)13-9(14)5-15-2/h3-4H,5,12H2,1-2H3,(H,13,14). The first kappa shape index (κ1) is 12.0. The summed E-state index contributed by atoms with van der Waals surface area (Å²) in [5.74, 6) is -0.221. The molecule has 15 heavy (non-hydrogen) atoms. The summed E-state index contributed by atoms with van der Waals surface area (Å²) in [6.45, 7) is 1.90. The second-order valence-corrected chi connectivity index (χ2v) is 4.08. The van der Waals surface area contributed by atoms with Gasteiger partial charge < -0.3 is 15.8 Å². The summed E-state index contributed by atoms with van der Waals surface area (Å²) in [5.41, 5.74) is 7.91. The third kappa shape index (κ3) is 3.21. The number of aryl methyl sites for hydroxylation is 1. The molecule has 1 rings (SSSR count). The first-order valence-electron chi connectivity index (χ1n) is 4.39. The minimum atomic E-state index is -0.221. The van der Waals surface area contributed by atoms with Crippen molar-refractivity contribution in [2.45, 2.75) is 6.92 Å². The quantitative estimate of drug-likeness (QED) is 0.827. The van der Waals surface area contributed by atoms with E-state index in [2.05, 4.69) is 21.2 Å². The lowest BCUT2D eigenvalue weighted by atomic mass is 10.2. The average Bonchev–Trinajstić information content (AvgIpc) is 2.13. The number of hydrogen-bond acceptors (Lipinski definition) is 3. The number of rotatable bonds is 3. The van der Waals surface area contributed by atoms with Crippen LogP contribution in [-0.4, -0.2) is 19.6 Å². The predicted molar refractivity (Wildman–Crippen MR) is 63.8 cm³/mol. The van der Waals surface area contributed by atoms with E-state index in [9.17, 15) is 4.79 Å². The molecular formula is C10H13BrN2O2. The van der Waals surface area contributed by atoms with Crippen LogP contribution in [-0.2, 0) is 9.53 Å². The molecule has 0 saturated carbocycles. The average molecular weight is 273 g/mol. The Kier molecular flexibility index (Phi) is 4.11. The molecule has 5 heteroatoms. The number of carbonyl (C=O) groups is 1. The molecule has 3 N–H and O–H groups in total. The molecular weight excluding hydrogens is 260 g/mol. The molecule has 0 unspecified atom stereocenters. The summed E-state index contributed by atoms with van der Waals surface area (Å²) in [7, 11) is 1.47. The van der Waals surface area contributed by atoms with Gasteiger partial charge in [0, 0.05) is 11.6 Å². The number of halogens is 1. The fraction of sp³-hybridized carbons (Fsp3) is 0.300. The van der Waals surface area contributed by atoms with Crippen molar-refractivity contribution in [2.24, 2.45) is 0 Å². The molecule has 0 atom stereocenters. The van der Waals surface area contributed by atoms with Crippen molar-refractivity contribution >= 4 is 33.2 Å². The van der Waals surface area contributed by atoms with Crippen LogP contribution in [0.5, 0.6) is 0 Å². The van der Waals surface area contributed by atoms with Crippen molar-refractivity contribution < 1.29 is 9.53 Å². The van der Waals surface area contributed by atoms with E-state index in [0.29, 0.717) is 11.4 Å². The number of methoxy groups -OCH3 is 1. The van der Waals surface area contributed by atoms with Gasteiger partial charge in [-0.25, -0.2) is 0 Å². The highest BCUT2D eigenvalue weighted by Crippen LogP contribution is 2.27. The first-order chi connectivity index (χ1) is 7.04. The molecule has 0 aliphatic heterocycles. The number of hydrogen-bond donors (Lipinski definition) is 2. The lowest BCUT2D eigenvalue weighted by Gasteiger charge is -2.10. The molecule has 1 aromatic rings. The molecule has 1 amide bonds. The molecule has 82 valence electrons. The second kappa shape index (κ2) is 5.14. The van der Waals surface area contributed by atoms with Crippen LogP contribution in [0.4, 0.5) is 11.4 Å². The van der Waals surface area contributed by atoms with E-state index in [4.69, 9.17) is 10.5 Å².